The summed E-state index contributed by atoms with van der Waals surface area (Å²) in [7, 11) is 0. The van der Waals surface area contributed by atoms with Gasteiger partial charge in [0.05, 0.1) is 6.61 Å². The molecule has 0 aliphatic carbocycles. The molecule has 0 amide bonds. The molecule has 1 N–H and O–H groups in total. The number of hydrogen-bond acceptors (Lipinski definition) is 5. The van der Waals surface area contributed by atoms with Crippen LogP contribution in [0.3, 0.4) is 0 Å². The molecule has 0 bridgehead atoms. The minimum atomic E-state index is 0.0196. The molecule has 5 nitrogen and oxygen atoms in total. The Morgan fingerprint density at radius 1 is 0.449 bits per heavy atom. The zero-order chi connectivity index (χ0) is 35.9. The Kier molecular flexibility index (Phi) is 39.1. The average molecular weight is 694 g/mol. The van der Waals surface area contributed by atoms with E-state index in [0.717, 1.165) is 90.3 Å². The first-order valence-corrected chi connectivity index (χ1v) is 22.1. The molecule has 292 valence electrons. The second kappa shape index (κ2) is 39.8. The lowest BCUT2D eigenvalue weighted by Gasteiger charge is -2.21. The summed E-state index contributed by atoms with van der Waals surface area (Å²) < 4.78 is 6.02. The van der Waals surface area contributed by atoms with Crippen LogP contribution in [0.1, 0.15) is 239 Å². The first-order chi connectivity index (χ1) is 24.1. The third-order valence-corrected chi connectivity index (χ3v) is 10.3. The topological polar surface area (TPSA) is 66.8 Å². The van der Waals surface area contributed by atoms with E-state index in [4.69, 9.17) is 4.74 Å². The molecule has 0 aromatic rings. The summed E-state index contributed by atoms with van der Waals surface area (Å²) in [6, 6.07) is 0. The van der Waals surface area contributed by atoms with Crippen LogP contribution in [0.25, 0.3) is 0 Å². The van der Waals surface area contributed by atoms with Crippen LogP contribution in [0.2, 0.25) is 0 Å². The molecule has 5 heteroatoms. The number of ketones is 1. The summed E-state index contributed by atoms with van der Waals surface area (Å²) >= 11 is 0. The van der Waals surface area contributed by atoms with Crippen molar-refractivity contribution in [2.24, 2.45) is 0 Å². The zero-order valence-corrected chi connectivity index (χ0v) is 33.6. The monoisotopic (exact) mass is 694 g/mol. The number of aliphatic hydroxyl groups excluding tert-OH is 1. The molecule has 0 aromatic carbocycles. The second-order valence-corrected chi connectivity index (χ2v) is 15.2. The van der Waals surface area contributed by atoms with Crippen LogP contribution in [0.4, 0.5) is 0 Å². The van der Waals surface area contributed by atoms with Gasteiger partial charge < -0.3 is 14.7 Å². The normalized spacial score (nSPS) is 11.6. The maximum atomic E-state index is 12.7. The number of carbonyl (C=O) groups excluding carboxylic acids is 2. The highest BCUT2D eigenvalue weighted by atomic mass is 16.5. The molecule has 0 aliphatic heterocycles. The van der Waals surface area contributed by atoms with Gasteiger partial charge in [-0.05, 0) is 70.9 Å². The largest absolute Gasteiger partial charge is 0.462 e. The lowest BCUT2D eigenvalue weighted by molar-refractivity contribution is -0.150. The van der Waals surface area contributed by atoms with Gasteiger partial charge in [-0.2, -0.15) is 0 Å². The fourth-order valence-corrected chi connectivity index (χ4v) is 7.02. The van der Waals surface area contributed by atoms with Gasteiger partial charge in [0.1, 0.15) is 11.9 Å². The van der Waals surface area contributed by atoms with Gasteiger partial charge in [-0.3, -0.25) is 9.59 Å². The van der Waals surface area contributed by atoms with Crippen molar-refractivity contribution in [3.63, 3.8) is 0 Å². The zero-order valence-electron chi connectivity index (χ0n) is 33.6. The SMILES string of the molecule is CCCCCCCCCC(=O)CCCCCCCN(CCO)CCCCCCCC(=O)OC(CCCCCCCC)CCCCCCCC. The second-order valence-electron chi connectivity index (χ2n) is 15.2. The van der Waals surface area contributed by atoms with E-state index in [1.54, 1.807) is 0 Å². The first kappa shape index (κ1) is 48.1. The summed E-state index contributed by atoms with van der Waals surface area (Å²) in [6.45, 7) is 9.87. The highest BCUT2D eigenvalue weighted by Gasteiger charge is 2.14. The van der Waals surface area contributed by atoms with Crippen molar-refractivity contribution < 1.29 is 19.4 Å². The highest BCUT2D eigenvalue weighted by Crippen LogP contribution is 2.19. The number of rotatable bonds is 41. The van der Waals surface area contributed by atoms with E-state index in [1.807, 2.05) is 0 Å². The number of hydrogen-bond donors (Lipinski definition) is 1. The number of ether oxygens (including phenoxy) is 1. The summed E-state index contributed by atoms with van der Waals surface area (Å²) in [5, 5.41) is 9.54. The fraction of sp³-hybridized carbons (Fsp3) is 0.955. The molecule has 0 atom stereocenters. The maximum absolute atomic E-state index is 12.7. The Hall–Kier alpha value is -0.940. The van der Waals surface area contributed by atoms with Crippen molar-refractivity contribution in [3.8, 4) is 0 Å². The van der Waals surface area contributed by atoms with E-state index < -0.39 is 0 Å². The smallest absolute Gasteiger partial charge is 0.306 e. The van der Waals surface area contributed by atoms with Crippen molar-refractivity contribution >= 4 is 11.8 Å². The Bertz CT molecular complexity index is 668. The van der Waals surface area contributed by atoms with Crippen molar-refractivity contribution in [3.05, 3.63) is 0 Å². The molecule has 0 fully saturated rings. The molecule has 0 spiro atoms. The van der Waals surface area contributed by atoms with Crippen LogP contribution in [0.15, 0.2) is 0 Å². The molecule has 0 heterocycles. The number of unbranched alkanes of at least 4 members (excludes halogenated alkanes) is 24. The van der Waals surface area contributed by atoms with E-state index in [0.29, 0.717) is 12.2 Å². The molecule has 0 unspecified atom stereocenters. The molecule has 0 aliphatic rings. The van der Waals surface area contributed by atoms with E-state index in [2.05, 4.69) is 25.7 Å². The summed E-state index contributed by atoms with van der Waals surface area (Å²) in [6.07, 6.45) is 40.0. The molecule has 49 heavy (non-hydrogen) atoms. The summed E-state index contributed by atoms with van der Waals surface area (Å²) in [5.74, 6) is 0.486. The van der Waals surface area contributed by atoms with Crippen molar-refractivity contribution in [1.29, 1.82) is 0 Å². The number of esters is 1. The average Bonchev–Trinajstić information content (AvgIpc) is 3.09. The minimum Gasteiger partial charge on any atom is -0.462 e. The predicted octanol–water partition coefficient (Wildman–Crippen LogP) is 13.1. The molecule has 0 aromatic heterocycles. The molecule has 0 radical (unpaired) electrons. The molecule has 0 saturated heterocycles. The molecular weight excluding hydrogens is 606 g/mol. The lowest BCUT2D eigenvalue weighted by Crippen LogP contribution is -2.29. The van der Waals surface area contributed by atoms with Gasteiger partial charge in [-0.25, -0.2) is 0 Å². The van der Waals surface area contributed by atoms with Gasteiger partial charge in [0.2, 0.25) is 0 Å². The van der Waals surface area contributed by atoms with Gasteiger partial charge in [0.25, 0.3) is 0 Å². The van der Waals surface area contributed by atoms with Gasteiger partial charge in [0.15, 0.2) is 0 Å². The third-order valence-electron chi connectivity index (χ3n) is 10.3. The van der Waals surface area contributed by atoms with Crippen LogP contribution in [-0.2, 0) is 14.3 Å². The highest BCUT2D eigenvalue weighted by molar-refractivity contribution is 5.78. The lowest BCUT2D eigenvalue weighted by atomic mass is 10.0. The predicted molar refractivity (Wildman–Crippen MR) is 212 cm³/mol. The van der Waals surface area contributed by atoms with Crippen LogP contribution in [-0.4, -0.2) is 54.1 Å². The van der Waals surface area contributed by atoms with Gasteiger partial charge >= 0.3 is 5.97 Å². The van der Waals surface area contributed by atoms with Crippen molar-refractivity contribution in [2.75, 3.05) is 26.2 Å². The third kappa shape index (κ3) is 36.6. The van der Waals surface area contributed by atoms with Gasteiger partial charge in [0, 0.05) is 25.8 Å². The quantitative estimate of drug-likeness (QED) is 0.0510. The minimum absolute atomic E-state index is 0.0196. The molecular formula is C44H87NO4. The summed E-state index contributed by atoms with van der Waals surface area (Å²) in [4.78, 5) is 27.2. The van der Waals surface area contributed by atoms with E-state index in [1.165, 1.54) is 141 Å². The number of Topliss-reactive ketones (excluding diaryl/α,β-unsaturated/α-hetero) is 1. The van der Waals surface area contributed by atoms with Crippen molar-refractivity contribution in [2.45, 2.75) is 245 Å². The van der Waals surface area contributed by atoms with Crippen LogP contribution in [0.5, 0.6) is 0 Å². The van der Waals surface area contributed by atoms with E-state index >= 15 is 0 Å². The maximum Gasteiger partial charge on any atom is 0.306 e. The van der Waals surface area contributed by atoms with E-state index in [-0.39, 0.29) is 18.7 Å². The standard InChI is InChI=1S/C44H87NO4/c1-4-7-10-13-16-19-26-33-42(47)34-27-20-17-24-31-38-45(40-41-46)39-32-25-18-23-30-37-44(48)49-43(35-28-21-14-11-8-5-2)36-29-22-15-12-9-6-3/h43,46H,4-41H2,1-3H3. The number of nitrogens with zero attached hydrogens (tertiary/aromatic N) is 1. The Labute approximate surface area is 306 Å². The van der Waals surface area contributed by atoms with E-state index in [9.17, 15) is 14.7 Å². The van der Waals surface area contributed by atoms with Crippen LogP contribution in [0, 0.1) is 0 Å². The Balaban J connectivity index is 3.96. The first-order valence-electron chi connectivity index (χ1n) is 22.1. The van der Waals surface area contributed by atoms with Crippen molar-refractivity contribution in [1.82, 2.24) is 4.90 Å². The van der Waals surface area contributed by atoms with Crippen LogP contribution >= 0.6 is 0 Å². The van der Waals surface area contributed by atoms with Crippen LogP contribution < -0.4 is 0 Å². The molecule has 0 rings (SSSR count). The fourth-order valence-electron chi connectivity index (χ4n) is 7.02. The Morgan fingerprint density at radius 3 is 1.20 bits per heavy atom. The summed E-state index contributed by atoms with van der Waals surface area (Å²) in [5.41, 5.74) is 0. The van der Waals surface area contributed by atoms with Gasteiger partial charge in [-0.15, -0.1) is 0 Å². The molecule has 0 saturated carbocycles. The Morgan fingerprint density at radius 2 is 0.796 bits per heavy atom. The number of carbonyl (C=O) groups is 2. The van der Waals surface area contributed by atoms with Gasteiger partial charge in [-0.1, -0.05) is 162 Å². The number of aliphatic hydroxyl groups is 1.